The normalized spacial score (nSPS) is 21.6. The Labute approximate surface area is 440 Å². The number of guanidine groups is 1. The van der Waals surface area contributed by atoms with Gasteiger partial charge < -0.3 is 75.9 Å². The van der Waals surface area contributed by atoms with Crippen LogP contribution >= 0.6 is 21.6 Å². The van der Waals surface area contributed by atoms with Crippen LogP contribution in [0.4, 0.5) is 0 Å². The Morgan fingerprint density at radius 2 is 1.33 bits per heavy atom. The highest BCUT2D eigenvalue weighted by atomic mass is 33.1. The maximum atomic E-state index is 14.6. The molecular formula is C47H66N14O12S2. The zero-order valence-electron chi connectivity index (χ0n) is 41.1. The second kappa shape index (κ2) is 30.5. The fourth-order valence-electron chi connectivity index (χ4n) is 7.95. The molecule has 0 aliphatic carbocycles. The van der Waals surface area contributed by atoms with Gasteiger partial charge in [-0.25, -0.2) is 0 Å². The topological polar surface area (TPSA) is 438 Å². The number of hydrogen-bond acceptors (Lipinski definition) is 15. The number of phenolic OH excluding ortho intramolecular Hbond substituents is 1. The summed E-state index contributed by atoms with van der Waals surface area (Å²) in [5.74, 6) is -9.59. The van der Waals surface area contributed by atoms with Gasteiger partial charge >= 0.3 is 0 Å². The van der Waals surface area contributed by atoms with Gasteiger partial charge in [-0.2, -0.15) is 0 Å². The van der Waals surface area contributed by atoms with Gasteiger partial charge in [0.15, 0.2) is 5.96 Å². The Bertz CT molecular complexity index is 2400. The molecule has 2 fully saturated rings. The molecule has 0 aromatic heterocycles. The van der Waals surface area contributed by atoms with Crippen LogP contribution in [0.5, 0.6) is 5.75 Å². The van der Waals surface area contributed by atoms with E-state index in [4.69, 9.17) is 28.7 Å². The molecule has 0 bridgehead atoms. The van der Waals surface area contributed by atoms with Crippen LogP contribution in [0.15, 0.2) is 59.6 Å². The summed E-state index contributed by atoms with van der Waals surface area (Å²) in [7, 11) is 2.20. The number of nitrogens with two attached hydrogens (primary N) is 5. The molecule has 7 atom stereocenters. The van der Waals surface area contributed by atoms with Crippen LogP contribution in [0.3, 0.4) is 0 Å². The molecule has 26 nitrogen and oxygen atoms in total. The lowest BCUT2D eigenvalue weighted by Crippen LogP contribution is -2.61. The van der Waals surface area contributed by atoms with Crippen LogP contribution in [0, 0.1) is 0 Å². The first-order chi connectivity index (χ1) is 35.7. The van der Waals surface area contributed by atoms with E-state index in [-0.39, 0.29) is 68.4 Å². The fourth-order valence-corrected chi connectivity index (χ4v) is 10.1. The summed E-state index contributed by atoms with van der Waals surface area (Å²) in [6.07, 6.45) is -0.671. The van der Waals surface area contributed by atoms with Crippen molar-refractivity contribution >= 4 is 92.5 Å². The second-order valence-electron chi connectivity index (χ2n) is 17.7. The number of rotatable bonds is 20. The Kier molecular flexibility index (Phi) is 24.4. The highest BCUT2D eigenvalue weighted by molar-refractivity contribution is 8.76. The molecule has 11 amide bonds. The van der Waals surface area contributed by atoms with Crippen molar-refractivity contribution in [2.45, 2.75) is 113 Å². The molecule has 2 aromatic rings. The summed E-state index contributed by atoms with van der Waals surface area (Å²) in [5, 5.41) is 27.9. The maximum absolute atomic E-state index is 14.6. The molecule has 2 aliphatic heterocycles. The number of carbonyl (C=O) groups is 11. The first-order valence-electron chi connectivity index (χ1n) is 24.1. The van der Waals surface area contributed by atoms with Gasteiger partial charge in [0.05, 0.1) is 13.0 Å². The number of nitrogens with zero attached hydrogens (tertiary/aromatic N) is 2. The predicted molar refractivity (Wildman–Crippen MR) is 277 cm³/mol. The van der Waals surface area contributed by atoms with E-state index < -0.39 is 133 Å². The number of amides is 11. The van der Waals surface area contributed by atoms with Gasteiger partial charge in [0.25, 0.3) is 0 Å². The van der Waals surface area contributed by atoms with E-state index in [9.17, 15) is 57.8 Å². The van der Waals surface area contributed by atoms with Crippen molar-refractivity contribution in [1.29, 1.82) is 0 Å². The highest BCUT2D eigenvalue weighted by Crippen LogP contribution is 2.26. The number of hydrogen-bond donors (Lipinski definition) is 13. The number of aliphatic imine (C=N–C) groups is 1. The number of phenols is 1. The molecule has 0 unspecified atom stereocenters. The number of aromatic hydroxyl groups is 1. The van der Waals surface area contributed by atoms with Crippen molar-refractivity contribution in [3.63, 3.8) is 0 Å². The van der Waals surface area contributed by atoms with Gasteiger partial charge in [-0.05, 0) is 61.8 Å². The van der Waals surface area contributed by atoms with E-state index in [1.54, 1.807) is 42.5 Å². The van der Waals surface area contributed by atoms with Gasteiger partial charge in [-0.15, -0.1) is 0 Å². The Hall–Kier alpha value is -7.62. The minimum absolute atomic E-state index is 0.0329. The van der Waals surface area contributed by atoms with Crippen LogP contribution in [0.1, 0.15) is 68.9 Å². The van der Waals surface area contributed by atoms with E-state index in [1.165, 1.54) is 17.0 Å². The molecular weight excluding hydrogens is 1020 g/mol. The number of benzene rings is 2. The molecule has 2 aliphatic rings. The van der Waals surface area contributed by atoms with Crippen LogP contribution in [0.25, 0.3) is 0 Å². The van der Waals surface area contributed by atoms with Crippen molar-refractivity contribution in [2.24, 2.45) is 33.7 Å². The lowest BCUT2D eigenvalue weighted by molar-refractivity contribution is -0.142. The van der Waals surface area contributed by atoms with E-state index in [1.807, 2.05) is 0 Å². The van der Waals surface area contributed by atoms with Gasteiger partial charge in [0, 0.05) is 50.3 Å². The largest absolute Gasteiger partial charge is 0.508 e. The third-order valence-electron chi connectivity index (χ3n) is 11.7. The van der Waals surface area contributed by atoms with Crippen molar-refractivity contribution in [2.75, 3.05) is 31.1 Å². The predicted octanol–water partition coefficient (Wildman–Crippen LogP) is -3.95. The minimum atomic E-state index is -1.77. The quantitative estimate of drug-likeness (QED) is 0.0261. The summed E-state index contributed by atoms with van der Waals surface area (Å²) in [5.41, 5.74) is 28.1. The molecule has 2 heterocycles. The number of unbranched alkanes of at least 4 members (excludes halogenated alkanes) is 1. The monoisotopic (exact) mass is 1080 g/mol. The third kappa shape index (κ3) is 21.0. The minimum Gasteiger partial charge on any atom is -0.508 e. The molecule has 0 radical (unpaired) electrons. The first kappa shape index (κ1) is 59.9. The summed E-state index contributed by atoms with van der Waals surface area (Å²) in [6, 6.07) is 4.60. The smallest absolute Gasteiger partial charge is 0.246 e. The zero-order chi connectivity index (χ0) is 55.0. The van der Waals surface area contributed by atoms with E-state index in [0.29, 0.717) is 30.4 Å². The summed E-state index contributed by atoms with van der Waals surface area (Å²) in [6.45, 7) is -0.241. The van der Waals surface area contributed by atoms with Gasteiger partial charge in [-0.3, -0.25) is 57.7 Å². The SMILES string of the molecule is NC(=O)CC[C@@H]1NC(=O)[C@H](Cc2ccccc2)NC(=O)[C@H](Cc2ccc(O)cc2)NC(=O)CCSSC[C@@H](C(=O)N2CCC[C@H]2C(=O)N[C@H](CCCCN=C(N)N)C(=O)NCC(N)=O)NC(=O)[C@H](CC(N)=O)NC1=O. The molecule has 408 valence electrons. The van der Waals surface area contributed by atoms with Crippen LogP contribution in [0.2, 0.25) is 0 Å². The highest BCUT2D eigenvalue weighted by Gasteiger charge is 2.40. The molecule has 2 saturated heterocycles. The molecule has 2 aromatic carbocycles. The fraction of sp³-hybridized carbons (Fsp3) is 0.489. The third-order valence-corrected chi connectivity index (χ3v) is 14.2. The van der Waals surface area contributed by atoms with Crippen LogP contribution < -0.4 is 65.9 Å². The number of likely N-dealkylation sites (tertiary alicyclic amines) is 1. The Morgan fingerprint density at radius 3 is 1.97 bits per heavy atom. The molecule has 28 heteroatoms. The summed E-state index contributed by atoms with van der Waals surface area (Å²) in [4.78, 5) is 153. The van der Waals surface area contributed by atoms with Gasteiger partial charge in [-0.1, -0.05) is 64.1 Å². The number of nitrogens with one attached hydrogen (secondary N) is 7. The van der Waals surface area contributed by atoms with E-state index in [0.717, 1.165) is 21.6 Å². The van der Waals surface area contributed by atoms with Crippen LogP contribution in [-0.4, -0.2) is 154 Å². The lowest BCUT2D eigenvalue weighted by atomic mass is 10.0. The Morgan fingerprint density at radius 1 is 0.720 bits per heavy atom. The standard InChI is InChI=1S/C47H66N14O12S2/c48-36(63)16-15-30-41(68)59-33(23-37(49)64)44(71)60-34(46(73)61-19-6-10-35(61)45(72)57-29(40(67)54-24-38(50)65)9-4-5-18-53-47(51)52)25-75-74-20-17-39(66)55-31(22-27-11-13-28(62)14-12-27)42(69)58-32(43(70)56-30)21-26-7-2-1-3-8-26/h1-3,7-8,11-14,29-35,62H,4-6,9-10,15-25H2,(H2,48,63)(H2,49,64)(H2,50,65)(H,54,67)(H,55,66)(H,56,70)(H,57,72)(H,58,69)(H,59,68)(H,60,71)(H4,51,52,53)/t29-,30+,31+,32+,33+,34+,35+/m1/s1. The second-order valence-corrected chi connectivity index (χ2v) is 20.3. The van der Waals surface area contributed by atoms with E-state index >= 15 is 0 Å². The van der Waals surface area contributed by atoms with Crippen molar-refractivity contribution in [1.82, 2.24) is 42.1 Å². The van der Waals surface area contributed by atoms with E-state index in [2.05, 4.69) is 42.2 Å². The molecule has 18 N–H and O–H groups in total. The first-order valence-corrected chi connectivity index (χ1v) is 26.5. The molecule has 4 rings (SSSR count). The zero-order valence-corrected chi connectivity index (χ0v) is 42.7. The summed E-state index contributed by atoms with van der Waals surface area (Å²) < 4.78 is 0. The van der Waals surface area contributed by atoms with Gasteiger partial charge in [0.2, 0.25) is 65.0 Å². The van der Waals surface area contributed by atoms with Crippen molar-refractivity contribution in [3.8, 4) is 5.75 Å². The number of primary amides is 3. The summed E-state index contributed by atoms with van der Waals surface area (Å²) >= 11 is 0. The average molecular weight is 1080 g/mol. The maximum Gasteiger partial charge on any atom is 0.246 e. The lowest BCUT2D eigenvalue weighted by Gasteiger charge is -2.31. The molecule has 75 heavy (non-hydrogen) atoms. The van der Waals surface area contributed by atoms with Crippen LogP contribution in [-0.2, 0) is 65.6 Å². The Balaban J connectivity index is 1.68. The average Bonchev–Trinajstić information content (AvgIpc) is 3.86. The molecule has 0 saturated carbocycles. The van der Waals surface area contributed by atoms with Crippen molar-refractivity contribution in [3.05, 3.63) is 65.7 Å². The van der Waals surface area contributed by atoms with Gasteiger partial charge in [0.1, 0.15) is 48.0 Å². The molecule has 0 spiro atoms. The van der Waals surface area contributed by atoms with Crippen molar-refractivity contribution < 1.29 is 57.8 Å². The number of carbonyl (C=O) groups excluding carboxylic acids is 11.